The molecule has 1 aromatic heterocycles. The van der Waals surface area contributed by atoms with Gasteiger partial charge >= 0.3 is 17.8 Å². The van der Waals surface area contributed by atoms with Gasteiger partial charge in [-0.3, -0.25) is 19.4 Å². The smallest absolute Gasteiger partial charge is 0.332 e. The molecule has 9 heteroatoms. The lowest BCUT2D eigenvalue weighted by molar-refractivity contribution is -0.153. The Morgan fingerprint density at radius 2 is 1.86 bits per heavy atom. The third-order valence-electron chi connectivity index (χ3n) is 4.73. The highest BCUT2D eigenvalue weighted by molar-refractivity contribution is 6.38. The van der Waals surface area contributed by atoms with Crippen LogP contribution < -0.4 is 14.4 Å². The Bertz CT molecular complexity index is 896. The van der Waals surface area contributed by atoms with Crippen molar-refractivity contribution in [1.29, 1.82) is 0 Å². The van der Waals surface area contributed by atoms with Gasteiger partial charge in [-0.25, -0.2) is 4.79 Å². The fraction of sp³-hybridized carbons (Fsp3) is 0.350. The average molecular weight is 401 g/mol. The van der Waals surface area contributed by atoms with Crippen LogP contribution in [0.15, 0.2) is 41.0 Å². The standard InChI is InChI=1S/C20H23N3O6/c1-4-21-9-10-22(19(25)18(21)24)20(26)23(13-15-6-5-11-29-15)14-7-8-16(27-2)17(12-14)28-3/h5-8,11-12H,4,9-10,13H2,1-3H3. The minimum atomic E-state index is -0.840. The molecule has 154 valence electrons. The van der Waals surface area contributed by atoms with Gasteiger partial charge in [0.2, 0.25) is 0 Å². The lowest BCUT2D eigenvalue weighted by Gasteiger charge is -2.35. The van der Waals surface area contributed by atoms with Crippen LogP contribution in [0.25, 0.3) is 0 Å². The molecule has 2 heterocycles. The average Bonchev–Trinajstić information content (AvgIpc) is 3.26. The zero-order chi connectivity index (χ0) is 21.0. The maximum atomic E-state index is 13.3. The van der Waals surface area contributed by atoms with Crippen molar-refractivity contribution < 1.29 is 28.3 Å². The number of likely N-dealkylation sites (N-methyl/N-ethyl adjacent to an activating group) is 1. The van der Waals surface area contributed by atoms with Crippen LogP contribution in [0.4, 0.5) is 10.5 Å². The summed E-state index contributed by atoms with van der Waals surface area (Å²) >= 11 is 0. The second kappa shape index (κ2) is 8.68. The van der Waals surface area contributed by atoms with Gasteiger partial charge < -0.3 is 18.8 Å². The maximum Gasteiger partial charge on any atom is 0.332 e. The summed E-state index contributed by atoms with van der Waals surface area (Å²) in [5.74, 6) is -0.0607. The number of furan rings is 1. The largest absolute Gasteiger partial charge is 0.493 e. The van der Waals surface area contributed by atoms with Crippen LogP contribution in [-0.4, -0.2) is 61.5 Å². The summed E-state index contributed by atoms with van der Waals surface area (Å²) < 4.78 is 16.0. The van der Waals surface area contributed by atoms with E-state index in [1.54, 1.807) is 37.3 Å². The molecule has 3 rings (SSSR count). The molecule has 0 spiro atoms. The molecule has 2 aromatic rings. The zero-order valence-electron chi connectivity index (χ0n) is 16.6. The number of benzene rings is 1. The van der Waals surface area contributed by atoms with Gasteiger partial charge in [-0.1, -0.05) is 0 Å². The number of hydrogen-bond acceptors (Lipinski definition) is 6. The Kier molecular flexibility index (Phi) is 6.06. The van der Waals surface area contributed by atoms with Gasteiger partial charge in [0.15, 0.2) is 11.5 Å². The number of nitrogens with zero attached hydrogens (tertiary/aromatic N) is 3. The number of anilines is 1. The second-order valence-electron chi connectivity index (χ2n) is 6.33. The molecular weight excluding hydrogens is 378 g/mol. The van der Waals surface area contributed by atoms with E-state index in [2.05, 4.69) is 0 Å². The van der Waals surface area contributed by atoms with Crippen molar-refractivity contribution in [2.45, 2.75) is 13.5 Å². The molecule has 0 radical (unpaired) electrons. The quantitative estimate of drug-likeness (QED) is 0.689. The Morgan fingerprint density at radius 1 is 1.10 bits per heavy atom. The number of carbonyl (C=O) groups is 3. The van der Waals surface area contributed by atoms with E-state index in [0.29, 0.717) is 36.0 Å². The normalized spacial score (nSPS) is 14.2. The van der Waals surface area contributed by atoms with E-state index in [-0.39, 0.29) is 13.1 Å². The van der Waals surface area contributed by atoms with Gasteiger partial charge in [0.1, 0.15) is 5.76 Å². The van der Waals surface area contributed by atoms with Crippen LogP contribution in [0.2, 0.25) is 0 Å². The molecule has 0 unspecified atom stereocenters. The van der Waals surface area contributed by atoms with E-state index in [4.69, 9.17) is 13.9 Å². The predicted octanol–water partition coefficient (Wildman–Crippen LogP) is 2.11. The van der Waals surface area contributed by atoms with Gasteiger partial charge in [-0.2, -0.15) is 0 Å². The topological polar surface area (TPSA) is 92.5 Å². The third kappa shape index (κ3) is 4.03. The number of methoxy groups -OCH3 is 2. The molecule has 0 bridgehead atoms. The number of ether oxygens (including phenoxy) is 2. The Labute approximate surface area is 168 Å². The Morgan fingerprint density at radius 3 is 2.48 bits per heavy atom. The molecule has 0 saturated carbocycles. The first kappa shape index (κ1) is 20.2. The molecule has 1 fully saturated rings. The molecule has 0 atom stereocenters. The van der Waals surface area contributed by atoms with Gasteiger partial charge in [-0.05, 0) is 31.2 Å². The number of amides is 4. The maximum absolute atomic E-state index is 13.3. The van der Waals surface area contributed by atoms with Crippen LogP contribution in [0.5, 0.6) is 11.5 Å². The Hall–Kier alpha value is -3.49. The monoisotopic (exact) mass is 401 g/mol. The SMILES string of the molecule is CCN1CCN(C(=O)N(Cc2ccco2)c2ccc(OC)c(OC)c2)C(=O)C1=O. The molecule has 0 aliphatic carbocycles. The van der Waals surface area contributed by atoms with Crippen molar-refractivity contribution in [3.8, 4) is 11.5 Å². The van der Waals surface area contributed by atoms with E-state index in [9.17, 15) is 14.4 Å². The van der Waals surface area contributed by atoms with Crippen molar-refractivity contribution in [2.75, 3.05) is 38.8 Å². The highest BCUT2D eigenvalue weighted by Crippen LogP contribution is 2.32. The lowest BCUT2D eigenvalue weighted by atomic mass is 10.2. The number of rotatable bonds is 6. The molecule has 1 aromatic carbocycles. The van der Waals surface area contributed by atoms with E-state index >= 15 is 0 Å². The molecule has 9 nitrogen and oxygen atoms in total. The number of carbonyl (C=O) groups excluding carboxylic acids is 3. The summed E-state index contributed by atoms with van der Waals surface area (Å²) in [5, 5.41) is 0. The fourth-order valence-electron chi connectivity index (χ4n) is 3.12. The molecule has 4 amide bonds. The number of piperazine rings is 1. The van der Waals surface area contributed by atoms with Crippen LogP contribution in [0.3, 0.4) is 0 Å². The van der Waals surface area contributed by atoms with Crippen LogP contribution in [0.1, 0.15) is 12.7 Å². The summed E-state index contributed by atoms with van der Waals surface area (Å²) in [6.45, 7) is 2.71. The van der Waals surface area contributed by atoms with Crippen molar-refractivity contribution in [3.63, 3.8) is 0 Å². The van der Waals surface area contributed by atoms with E-state index in [1.807, 2.05) is 0 Å². The molecule has 1 saturated heterocycles. The lowest BCUT2D eigenvalue weighted by Crippen LogP contribution is -2.58. The summed E-state index contributed by atoms with van der Waals surface area (Å²) in [5.41, 5.74) is 0.474. The second-order valence-corrected chi connectivity index (χ2v) is 6.33. The molecule has 29 heavy (non-hydrogen) atoms. The molecule has 0 N–H and O–H groups in total. The summed E-state index contributed by atoms with van der Waals surface area (Å²) in [7, 11) is 3.01. The number of urea groups is 1. The van der Waals surface area contributed by atoms with Crippen LogP contribution in [0, 0.1) is 0 Å². The van der Waals surface area contributed by atoms with Crippen molar-refractivity contribution in [1.82, 2.24) is 9.80 Å². The minimum Gasteiger partial charge on any atom is -0.493 e. The highest BCUT2D eigenvalue weighted by atomic mass is 16.5. The number of imide groups is 1. The summed E-state index contributed by atoms with van der Waals surface area (Å²) in [6, 6.07) is 7.80. The van der Waals surface area contributed by atoms with Gasteiger partial charge in [0.25, 0.3) is 0 Å². The van der Waals surface area contributed by atoms with Gasteiger partial charge in [0.05, 0.1) is 27.0 Å². The summed E-state index contributed by atoms with van der Waals surface area (Å²) in [6.07, 6.45) is 1.50. The van der Waals surface area contributed by atoms with E-state index in [1.165, 1.54) is 30.3 Å². The number of hydrogen-bond donors (Lipinski definition) is 0. The van der Waals surface area contributed by atoms with E-state index in [0.717, 1.165) is 4.90 Å². The minimum absolute atomic E-state index is 0.0801. The fourth-order valence-corrected chi connectivity index (χ4v) is 3.12. The van der Waals surface area contributed by atoms with Crippen molar-refractivity contribution in [2.24, 2.45) is 0 Å². The first-order chi connectivity index (χ1) is 14.0. The first-order valence-electron chi connectivity index (χ1n) is 9.16. The van der Waals surface area contributed by atoms with E-state index < -0.39 is 17.8 Å². The molecule has 1 aliphatic rings. The van der Waals surface area contributed by atoms with Crippen LogP contribution >= 0.6 is 0 Å². The molecule has 1 aliphatic heterocycles. The molecular formula is C20H23N3O6. The third-order valence-corrected chi connectivity index (χ3v) is 4.73. The van der Waals surface area contributed by atoms with Gasteiger partial charge in [-0.15, -0.1) is 0 Å². The Balaban J connectivity index is 1.94. The van der Waals surface area contributed by atoms with Gasteiger partial charge in [0, 0.05) is 31.4 Å². The van der Waals surface area contributed by atoms with Crippen LogP contribution in [-0.2, 0) is 16.1 Å². The highest BCUT2D eigenvalue weighted by Gasteiger charge is 2.38. The summed E-state index contributed by atoms with van der Waals surface area (Å²) in [4.78, 5) is 41.8. The van der Waals surface area contributed by atoms with Crippen molar-refractivity contribution >= 4 is 23.5 Å². The van der Waals surface area contributed by atoms with Crippen molar-refractivity contribution in [3.05, 3.63) is 42.4 Å². The zero-order valence-corrected chi connectivity index (χ0v) is 16.6. The predicted molar refractivity (Wildman–Crippen MR) is 104 cm³/mol. The first-order valence-corrected chi connectivity index (χ1v) is 9.16.